The minimum Gasteiger partial charge on any atom is -0.446 e. The van der Waals surface area contributed by atoms with E-state index in [4.69, 9.17) is 8.83 Å². The zero-order valence-corrected chi connectivity index (χ0v) is 10.6. The van der Waals surface area contributed by atoms with E-state index in [-0.39, 0.29) is 0 Å². The lowest BCUT2D eigenvalue weighted by Gasteiger charge is -2.00. The summed E-state index contributed by atoms with van der Waals surface area (Å²) in [6.45, 7) is 3.78. The maximum atomic E-state index is 5.43. The maximum absolute atomic E-state index is 5.43. The molecule has 0 saturated carbocycles. The van der Waals surface area contributed by atoms with Crippen LogP contribution in [-0.4, -0.2) is 11.5 Å². The first kappa shape index (κ1) is 11.4. The van der Waals surface area contributed by atoms with Crippen molar-refractivity contribution in [3.8, 4) is 11.5 Å². The standard InChI is InChI=1S/C11H13BrN2O2/c1-2-5-13-6-8-11(15-7-14-8)9-3-4-10(12)16-9/h3-4,7,13H,2,5-6H2,1H3. The highest BCUT2D eigenvalue weighted by molar-refractivity contribution is 9.10. The quantitative estimate of drug-likeness (QED) is 0.857. The summed E-state index contributed by atoms with van der Waals surface area (Å²) >= 11 is 3.26. The van der Waals surface area contributed by atoms with Crippen LogP contribution in [0, 0.1) is 0 Å². The molecule has 2 aromatic rings. The molecule has 0 amide bonds. The summed E-state index contributed by atoms with van der Waals surface area (Å²) in [5, 5.41) is 3.28. The molecule has 1 N–H and O–H groups in total. The summed E-state index contributed by atoms with van der Waals surface area (Å²) in [7, 11) is 0. The molecule has 0 aliphatic carbocycles. The van der Waals surface area contributed by atoms with Crippen LogP contribution >= 0.6 is 15.9 Å². The zero-order chi connectivity index (χ0) is 11.4. The number of nitrogens with zero attached hydrogens (tertiary/aromatic N) is 1. The molecule has 0 aromatic carbocycles. The number of hydrogen-bond donors (Lipinski definition) is 1. The molecule has 0 atom stereocenters. The largest absolute Gasteiger partial charge is 0.446 e. The maximum Gasteiger partial charge on any atom is 0.194 e. The molecule has 0 aliphatic heterocycles. The predicted molar refractivity (Wildman–Crippen MR) is 63.9 cm³/mol. The fourth-order valence-corrected chi connectivity index (χ4v) is 1.72. The summed E-state index contributed by atoms with van der Waals surface area (Å²) in [5.74, 6) is 1.38. The highest BCUT2D eigenvalue weighted by atomic mass is 79.9. The van der Waals surface area contributed by atoms with Crippen molar-refractivity contribution < 1.29 is 8.83 Å². The van der Waals surface area contributed by atoms with Gasteiger partial charge in [-0.3, -0.25) is 0 Å². The van der Waals surface area contributed by atoms with Crippen molar-refractivity contribution in [3.05, 3.63) is 28.9 Å². The fourth-order valence-electron chi connectivity index (χ4n) is 1.42. The van der Waals surface area contributed by atoms with Crippen LogP contribution in [-0.2, 0) is 6.54 Å². The van der Waals surface area contributed by atoms with E-state index in [0.29, 0.717) is 22.7 Å². The molecule has 0 unspecified atom stereocenters. The lowest BCUT2D eigenvalue weighted by Crippen LogP contribution is -2.14. The third kappa shape index (κ3) is 2.54. The molecule has 4 nitrogen and oxygen atoms in total. The van der Waals surface area contributed by atoms with Crippen molar-refractivity contribution >= 4 is 15.9 Å². The Morgan fingerprint density at radius 3 is 3.00 bits per heavy atom. The molecule has 2 heterocycles. The average Bonchev–Trinajstić information content (AvgIpc) is 2.87. The van der Waals surface area contributed by atoms with Crippen LogP contribution in [0.2, 0.25) is 0 Å². The molecule has 2 aromatic heterocycles. The van der Waals surface area contributed by atoms with Gasteiger partial charge in [0.25, 0.3) is 0 Å². The minimum atomic E-state index is 0.686. The van der Waals surface area contributed by atoms with Crippen LogP contribution in [0.3, 0.4) is 0 Å². The molecule has 0 bridgehead atoms. The summed E-state index contributed by atoms with van der Waals surface area (Å²) in [6, 6.07) is 3.69. The Labute approximate surface area is 102 Å². The van der Waals surface area contributed by atoms with Gasteiger partial charge in [0, 0.05) is 6.54 Å². The van der Waals surface area contributed by atoms with Gasteiger partial charge in [0.15, 0.2) is 22.6 Å². The second-order valence-corrected chi connectivity index (χ2v) is 4.19. The molecular formula is C11H13BrN2O2. The third-order valence-corrected chi connectivity index (χ3v) is 2.58. The molecule has 0 spiro atoms. The van der Waals surface area contributed by atoms with Crippen molar-refractivity contribution in [3.63, 3.8) is 0 Å². The Bertz CT molecular complexity index is 450. The van der Waals surface area contributed by atoms with Crippen molar-refractivity contribution in [1.29, 1.82) is 0 Å². The van der Waals surface area contributed by atoms with Crippen molar-refractivity contribution in [2.45, 2.75) is 19.9 Å². The second kappa shape index (κ2) is 5.32. The lowest BCUT2D eigenvalue weighted by molar-refractivity contribution is 0.506. The smallest absolute Gasteiger partial charge is 0.194 e. The molecule has 0 fully saturated rings. The van der Waals surface area contributed by atoms with Gasteiger partial charge in [-0.15, -0.1) is 0 Å². The molecule has 5 heteroatoms. The van der Waals surface area contributed by atoms with Crippen LogP contribution in [0.15, 0.2) is 32.0 Å². The van der Waals surface area contributed by atoms with Crippen molar-refractivity contribution in [1.82, 2.24) is 10.3 Å². The average molecular weight is 285 g/mol. The van der Waals surface area contributed by atoms with Crippen LogP contribution in [0.5, 0.6) is 0 Å². The van der Waals surface area contributed by atoms with Gasteiger partial charge in [-0.2, -0.15) is 0 Å². The van der Waals surface area contributed by atoms with Gasteiger partial charge in [0.1, 0.15) is 5.69 Å². The molecule has 2 rings (SSSR count). The van der Waals surface area contributed by atoms with Crippen LogP contribution in [0.4, 0.5) is 0 Å². The summed E-state index contributed by atoms with van der Waals surface area (Å²) in [6.07, 6.45) is 2.54. The Balaban J connectivity index is 2.12. The zero-order valence-electron chi connectivity index (χ0n) is 9.00. The SMILES string of the molecule is CCCNCc1ncoc1-c1ccc(Br)o1. The number of furan rings is 1. The van der Waals surface area contributed by atoms with Crippen LogP contribution in [0.25, 0.3) is 11.5 Å². The lowest BCUT2D eigenvalue weighted by atomic mass is 10.3. The first-order valence-electron chi connectivity index (χ1n) is 5.20. The Kier molecular flexibility index (Phi) is 3.79. The highest BCUT2D eigenvalue weighted by Gasteiger charge is 2.13. The normalized spacial score (nSPS) is 10.9. The Morgan fingerprint density at radius 1 is 1.44 bits per heavy atom. The van der Waals surface area contributed by atoms with E-state index >= 15 is 0 Å². The minimum absolute atomic E-state index is 0.686. The molecule has 86 valence electrons. The molecule has 0 radical (unpaired) electrons. The monoisotopic (exact) mass is 284 g/mol. The van der Waals surface area contributed by atoms with Gasteiger partial charge >= 0.3 is 0 Å². The summed E-state index contributed by atoms with van der Waals surface area (Å²) in [5.41, 5.74) is 0.871. The van der Waals surface area contributed by atoms with Gasteiger partial charge in [0.05, 0.1) is 0 Å². The molecule has 0 aliphatic rings. The number of nitrogens with one attached hydrogen (secondary N) is 1. The van der Waals surface area contributed by atoms with Gasteiger partial charge in [-0.25, -0.2) is 4.98 Å². The van der Waals surface area contributed by atoms with Gasteiger partial charge in [-0.1, -0.05) is 6.92 Å². The topological polar surface area (TPSA) is 51.2 Å². The predicted octanol–water partition coefficient (Wildman–Crippen LogP) is 3.20. The van der Waals surface area contributed by atoms with E-state index in [0.717, 1.165) is 18.7 Å². The van der Waals surface area contributed by atoms with E-state index in [1.54, 1.807) is 0 Å². The summed E-state index contributed by atoms with van der Waals surface area (Å²) < 4.78 is 11.4. The van der Waals surface area contributed by atoms with E-state index in [2.05, 4.69) is 33.2 Å². The number of rotatable bonds is 5. The third-order valence-electron chi connectivity index (χ3n) is 2.16. The second-order valence-electron chi connectivity index (χ2n) is 3.41. The Morgan fingerprint density at radius 2 is 2.31 bits per heavy atom. The van der Waals surface area contributed by atoms with E-state index in [1.807, 2.05) is 12.1 Å². The molecule has 0 saturated heterocycles. The number of halogens is 1. The van der Waals surface area contributed by atoms with Gasteiger partial charge in [0.2, 0.25) is 0 Å². The van der Waals surface area contributed by atoms with E-state index in [9.17, 15) is 0 Å². The number of hydrogen-bond acceptors (Lipinski definition) is 4. The van der Waals surface area contributed by atoms with Crippen LogP contribution < -0.4 is 5.32 Å². The summed E-state index contributed by atoms with van der Waals surface area (Å²) in [4.78, 5) is 4.17. The van der Waals surface area contributed by atoms with E-state index in [1.165, 1.54) is 6.39 Å². The fraction of sp³-hybridized carbons (Fsp3) is 0.364. The Hall–Kier alpha value is -1.07. The van der Waals surface area contributed by atoms with Crippen LogP contribution in [0.1, 0.15) is 19.0 Å². The molecule has 16 heavy (non-hydrogen) atoms. The van der Waals surface area contributed by atoms with Crippen molar-refractivity contribution in [2.24, 2.45) is 0 Å². The number of oxazole rings is 1. The first-order chi connectivity index (χ1) is 7.81. The number of aromatic nitrogens is 1. The van der Waals surface area contributed by atoms with E-state index < -0.39 is 0 Å². The highest BCUT2D eigenvalue weighted by Crippen LogP contribution is 2.27. The van der Waals surface area contributed by atoms with Crippen molar-refractivity contribution in [2.75, 3.05) is 6.54 Å². The first-order valence-corrected chi connectivity index (χ1v) is 5.99. The van der Waals surface area contributed by atoms with Gasteiger partial charge in [-0.05, 0) is 41.0 Å². The van der Waals surface area contributed by atoms with Gasteiger partial charge < -0.3 is 14.2 Å². The molecular weight excluding hydrogens is 272 g/mol.